The van der Waals surface area contributed by atoms with E-state index < -0.39 is 0 Å². The summed E-state index contributed by atoms with van der Waals surface area (Å²) >= 11 is 0. The fraction of sp³-hybridized carbons (Fsp3) is 0.385. The maximum atomic E-state index is 9.67. The van der Waals surface area contributed by atoms with Crippen molar-refractivity contribution in [2.45, 2.75) is 19.3 Å². The van der Waals surface area contributed by atoms with Crippen LogP contribution in [-0.4, -0.2) is 28.5 Å². The molecule has 0 saturated carbocycles. The summed E-state index contributed by atoms with van der Waals surface area (Å²) in [7, 11) is 0. The van der Waals surface area contributed by atoms with E-state index >= 15 is 0 Å². The summed E-state index contributed by atoms with van der Waals surface area (Å²) in [6, 6.07) is 5.32. The van der Waals surface area contributed by atoms with Gasteiger partial charge in [0.2, 0.25) is 0 Å². The van der Waals surface area contributed by atoms with Crippen LogP contribution in [0.1, 0.15) is 23.7 Å². The van der Waals surface area contributed by atoms with Gasteiger partial charge in [-0.1, -0.05) is 11.2 Å². The fourth-order valence-electron chi connectivity index (χ4n) is 2.00. The van der Waals surface area contributed by atoms with Crippen LogP contribution in [0.3, 0.4) is 0 Å². The van der Waals surface area contributed by atoms with Crippen LogP contribution in [0.15, 0.2) is 22.7 Å². The molecule has 0 radical (unpaired) electrons. The monoisotopic (exact) mass is 246 g/mol. The summed E-state index contributed by atoms with van der Waals surface area (Å²) in [5, 5.41) is 13.6. The molecule has 0 bridgehead atoms. The number of phenolic OH excluding ortho intramolecular Hbond substituents is 1. The second kappa shape index (κ2) is 4.42. The van der Waals surface area contributed by atoms with Crippen LogP contribution in [0.5, 0.6) is 5.75 Å². The van der Waals surface area contributed by atoms with E-state index in [0.717, 1.165) is 24.2 Å². The molecule has 1 unspecified atom stereocenters. The number of aryl methyl sites for hydroxylation is 1. The number of benzene rings is 1. The normalized spacial score (nSPS) is 19.3. The van der Waals surface area contributed by atoms with Gasteiger partial charge in [0.1, 0.15) is 5.75 Å². The Morgan fingerprint density at radius 3 is 3.00 bits per heavy atom. The molecular weight excluding hydrogens is 232 g/mol. The number of hydrogen-bond acceptors (Lipinski definition) is 5. The molecule has 1 aromatic carbocycles. The van der Waals surface area contributed by atoms with E-state index in [9.17, 15) is 5.11 Å². The van der Waals surface area contributed by atoms with E-state index in [4.69, 9.17) is 9.26 Å². The third kappa shape index (κ3) is 1.97. The number of nitrogens with zero attached hydrogens (tertiary/aromatic N) is 2. The number of aromatic hydroxyl groups is 1. The third-order valence-corrected chi connectivity index (χ3v) is 3.19. The lowest BCUT2D eigenvalue weighted by molar-refractivity contribution is 0.192. The predicted octanol–water partition coefficient (Wildman–Crippen LogP) is 2.25. The highest BCUT2D eigenvalue weighted by Gasteiger charge is 2.23. The molecule has 1 aliphatic heterocycles. The first-order valence-electron chi connectivity index (χ1n) is 5.95. The smallest absolute Gasteiger partial charge is 0.258 e. The van der Waals surface area contributed by atoms with Gasteiger partial charge in [0.25, 0.3) is 5.89 Å². The molecule has 1 aromatic heterocycles. The largest absolute Gasteiger partial charge is 0.508 e. The molecule has 2 heterocycles. The standard InChI is InChI=1S/C13H14N2O3/c1-8-2-3-9(6-11(8)16)13-14-12(15-18-13)10-4-5-17-7-10/h2-3,6,10,16H,4-5,7H2,1H3. The number of rotatable bonds is 2. The van der Waals surface area contributed by atoms with Crippen LogP contribution >= 0.6 is 0 Å². The molecule has 5 heteroatoms. The number of ether oxygens (including phenoxy) is 1. The first kappa shape index (κ1) is 11.2. The molecule has 1 aliphatic rings. The average Bonchev–Trinajstić information content (AvgIpc) is 3.01. The van der Waals surface area contributed by atoms with Gasteiger partial charge < -0.3 is 14.4 Å². The van der Waals surface area contributed by atoms with Crippen LogP contribution in [0, 0.1) is 6.92 Å². The molecule has 5 nitrogen and oxygen atoms in total. The van der Waals surface area contributed by atoms with Gasteiger partial charge in [-0.3, -0.25) is 0 Å². The molecule has 3 rings (SSSR count). The van der Waals surface area contributed by atoms with Crippen molar-refractivity contribution < 1.29 is 14.4 Å². The zero-order chi connectivity index (χ0) is 12.5. The summed E-state index contributed by atoms with van der Waals surface area (Å²) in [6.45, 7) is 3.24. The van der Waals surface area contributed by atoms with Crippen molar-refractivity contribution in [2.75, 3.05) is 13.2 Å². The lowest BCUT2D eigenvalue weighted by Crippen LogP contribution is -1.99. The van der Waals surface area contributed by atoms with Crippen molar-refractivity contribution in [2.24, 2.45) is 0 Å². The Morgan fingerprint density at radius 1 is 1.39 bits per heavy atom. The summed E-state index contributed by atoms with van der Waals surface area (Å²) in [6.07, 6.45) is 0.929. The fourth-order valence-corrected chi connectivity index (χ4v) is 2.00. The van der Waals surface area contributed by atoms with Gasteiger partial charge in [-0.15, -0.1) is 0 Å². The summed E-state index contributed by atoms with van der Waals surface area (Å²) in [5.41, 5.74) is 1.55. The van der Waals surface area contributed by atoms with E-state index in [1.807, 2.05) is 19.1 Å². The number of hydrogen-bond donors (Lipinski definition) is 1. The molecule has 2 aromatic rings. The van der Waals surface area contributed by atoms with E-state index in [2.05, 4.69) is 10.1 Å². The van der Waals surface area contributed by atoms with Crippen LogP contribution in [0.2, 0.25) is 0 Å². The summed E-state index contributed by atoms with van der Waals surface area (Å²) < 4.78 is 10.5. The molecule has 0 amide bonds. The van der Waals surface area contributed by atoms with Gasteiger partial charge in [0, 0.05) is 18.1 Å². The van der Waals surface area contributed by atoms with Crippen molar-refractivity contribution in [3.8, 4) is 17.2 Å². The van der Waals surface area contributed by atoms with Crippen molar-refractivity contribution in [1.82, 2.24) is 10.1 Å². The summed E-state index contributed by atoms with van der Waals surface area (Å²) in [5.74, 6) is 1.58. The van der Waals surface area contributed by atoms with E-state index in [-0.39, 0.29) is 11.7 Å². The third-order valence-electron chi connectivity index (χ3n) is 3.19. The Labute approximate surface area is 104 Å². The Balaban J connectivity index is 1.89. The average molecular weight is 246 g/mol. The molecule has 18 heavy (non-hydrogen) atoms. The van der Waals surface area contributed by atoms with Crippen molar-refractivity contribution >= 4 is 0 Å². The molecule has 1 saturated heterocycles. The minimum atomic E-state index is 0.224. The van der Waals surface area contributed by atoms with Gasteiger partial charge in [-0.05, 0) is 31.0 Å². The molecule has 1 fully saturated rings. The quantitative estimate of drug-likeness (QED) is 0.880. The van der Waals surface area contributed by atoms with Crippen molar-refractivity contribution in [3.63, 3.8) is 0 Å². The van der Waals surface area contributed by atoms with E-state index in [1.165, 1.54) is 0 Å². The SMILES string of the molecule is Cc1ccc(-c2nc(C3CCOC3)no2)cc1O. The Morgan fingerprint density at radius 2 is 2.28 bits per heavy atom. The van der Waals surface area contributed by atoms with Crippen molar-refractivity contribution in [3.05, 3.63) is 29.6 Å². The van der Waals surface area contributed by atoms with Gasteiger partial charge in [0.05, 0.1) is 6.61 Å². The minimum Gasteiger partial charge on any atom is -0.508 e. The highest BCUT2D eigenvalue weighted by atomic mass is 16.5. The van der Waals surface area contributed by atoms with Crippen LogP contribution in [0.4, 0.5) is 0 Å². The zero-order valence-electron chi connectivity index (χ0n) is 10.1. The molecular formula is C13H14N2O3. The lowest BCUT2D eigenvalue weighted by Gasteiger charge is -2.00. The predicted molar refractivity (Wildman–Crippen MR) is 64.3 cm³/mol. The second-order valence-corrected chi connectivity index (χ2v) is 4.52. The van der Waals surface area contributed by atoms with Crippen LogP contribution < -0.4 is 0 Å². The number of aromatic nitrogens is 2. The molecule has 94 valence electrons. The highest BCUT2D eigenvalue weighted by molar-refractivity contribution is 5.57. The lowest BCUT2D eigenvalue weighted by atomic mass is 10.1. The van der Waals surface area contributed by atoms with E-state index in [1.54, 1.807) is 6.07 Å². The number of phenols is 1. The van der Waals surface area contributed by atoms with Gasteiger partial charge in [-0.25, -0.2) is 0 Å². The Hall–Kier alpha value is -1.88. The van der Waals surface area contributed by atoms with Crippen molar-refractivity contribution in [1.29, 1.82) is 0 Å². The van der Waals surface area contributed by atoms with Gasteiger partial charge in [0.15, 0.2) is 5.82 Å². The molecule has 1 atom stereocenters. The topological polar surface area (TPSA) is 68.4 Å². The van der Waals surface area contributed by atoms with Gasteiger partial charge >= 0.3 is 0 Å². The van der Waals surface area contributed by atoms with Crippen LogP contribution in [0.25, 0.3) is 11.5 Å². The molecule has 0 spiro atoms. The zero-order valence-corrected chi connectivity index (χ0v) is 10.1. The maximum absolute atomic E-state index is 9.67. The summed E-state index contributed by atoms with van der Waals surface area (Å²) in [4.78, 5) is 4.36. The first-order chi connectivity index (χ1) is 8.74. The van der Waals surface area contributed by atoms with E-state index in [0.29, 0.717) is 18.3 Å². The molecule has 0 aliphatic carbocycles. The Bertz CT molecular complexity index is 559. The first-order valence-corrected chi connectivity index (χ1v) is 5.95. The second-order valence-electron chi connectivity index (χ2n) is 4.52. The van der Waals surface area contributed by atoms with Crippen LogP contribution in [-0.2, 0) is 4.74 Å². The molecule has 1 N–H and O–H groups in total. The Kier molecular flexibility index (Phi) is 2.76. The van der Waals surface area contributed by atoms with Gasteiger partial charge in [-0.2, -0.15) is 4.98 Å². The highest BCUT2D eigenvalue weighted by Crippen LogP contribution is 2.28. The maximum Gasteiger partial charge on any atom is 0.258 e. The minimum absolute atomic E-state index is 0.224.